The van der Waals surface area contributed by atoms with E-state index >= 15 is 0 Å². The zero-order valence-electron chi connectivity index (χ0n) is 17.7. The number of carbonyl (C=O) groups is 2. The van der Waals surface area contributed by atoms with Crippen LogP contribution in [0.15, 0.2) is 53.4 Å². The first-order valence-corrected chi connectivity index (χ1v) is 11.4. The molecule has 0 aromatic heterocycles. The second-order valence-corrected chi connectivity index (χ2v) is 8.42. The number of halogens is 1. The van der Waals surface area contributed by atoms with Gasteiger partial charge in [0.2, 0.25) is 11.8 Å². The van der Waals surface area contributed by atoms with E-state index in [1.165, 1.54) is 0 Å². The molecule has 2 rings (SSSR count). The summed E-state index contributed by atoms with van der Waals surface area (Å²) in [5, 5.41) is 3.39. The van der Waals surface area contributed by atoms with E-state index in [2.05, 4.69) is 5.32 Å². The monoisotopic (exact) mass is 448 g/mol. The first kappa shape index (κ1) is 24.1. The van der Waals surface area contributed by atoms with E-state index in [9.17, 15) is 9.59 Å². The van der Waals surface area contributed by atoms with Gasteiger partial charge in [0, 0.05) is 29.9 Å². The van der Waals surface area contributed by atoms with Crippen LogP contribution in [0.4, 0.5) is 0 Å². The zero-order valence-corrected chi connectivity index (χ0v) is 19.3. The lowest BCUT2D eigenvalue weighted by atomic mass is 10.1. The van der Waals surface area contributed by atoms with Crippen molar-refractivity contribution in [1.82, 2.24) is 10.2 Å². The molecule has 0 saturated heterocycles. The maximum Gasteiger partial charge on any atom is 0.242 e. The van der Waals surface area contributed by atoms with Gasteiger partial charge in [-0.2, -0.15) is 0 Å². The number of likely N-dealkylation sites (N-methyl/N-ethyl adjacent to an activating group) is 1. The highest BCUT2D eigenvalue weighted by molar-refractivity contribution is 7.99. The molecule has 0 radical (unpaired) electrons. The fourth-order valence-electron chi connectivity index (χ4n) is 3.14. The van der Waals surface area contributed by atoms with Crippen molar-refractivity contribution in [3.05, 3.63) is 59.1 Å². The summed E-state index contributed by atoms with van der Waals surface area (Å²) in [6.07, 6.45) is 1.66. The van der Waals surface area contributed by atoms with Crippen LogP contribution in [0, 0.1) is 0 Å². The molecule has 0 aliphatic heterocycles. The molecule has 2 amide bonds. The molecule has 0 aliphatic rings. The standard InChI is InChI=1S/C23H29ClN2O3S/c1-4-21(23(28)25-2)26(16-17-7-5-8-19(15-17)29-3)22(27)9-6-14-30-20-12-10-18(24)11-13-20/h5,7-8,10-13,15,21H,4,6,9,14,16H2,1-3H3,(H,25,28)/t21-/m0/s1. The van der Waals surface area contributed by atoms with E-state index in [4.69, 9.17) is 16.3 Å². The van der Waals surface area contributed by atoms with Crippen molar-refractivity contribution in [3.8, 4) is 5.75 Å². The van der Waals surface area contributed by atoms with E-state index in [0.717, 1.165) is 28.4 Å². The van der Waals surface area contributed by atoms with Crippen molar-refractivity contribution in [2.24, 2.45) is 0 Å². The molecule has 162 valence electrons. The van der Waals surface area contributed by atoms with E-state index in [1.807, 2.05) is 55.5 Å². The van der Waals surface area contributed by atoms with Gasteiger partial charge in [0.15, 0.2) is 0 Å². The SMILES string of the molecule is CC[C@@H](C(=O)NC)N(Cc1cccc(OC)c1)C(=O)CCCSc1ccc(Cl)cc1. The van der Waals surface area contributed by atoms with Gasteiger partial charge in [-0.05, 0) is 60.6 Å². The molecule has 0 unspecified atom stereocenters. The van der Waals surface area contributed by atoms with Crippen LogP contribution < -0.4 is 10.1 Å². The molecule has 0 spiro atoms. The molecular formula is C23H29ClN2O3S. The first-order valence-electron chi connectivity index (χ1n) is 10.0. The fraction of sp³-hybridized carbons (Fsp3) is 0.391. The Morgan fingerprint density at radius 3 is 2.57 bits per heavy atom. The Labute approximate surface area is 188 Å². The molecule has 30 heavy (non-hydrogen) atoms. The number of amides is 2. The number of thioether (sulfide) groups is 1. The van der Waals surface area contributed by atoms with E-state index in [-0.39, 0.29) is 11.8 Å². The highest BCUT2D eigenvalue weighted by Gasteiger charge is 2.27. The summed E-state index contributed by atoms with van der Waals surface area (Å²) in [7, 11) is 3.21. The number of rotatable bonds is 11. The Morgan fingerprint density at radius 2 is 1.93 bits per heavy atom. The predicted molar refractivity (Wildman–Crippen MR) is 123 cm³/mol. The molecule has 0 aliphatic carbocycles. The van der Waals surface area contributed by atoms with Crippen LogP contribution in [0.1, 0.15) is 31.7 Å². The minimum absolute atomic E-state index is 0.0232. The van der Waals surface area contributed by atoms with Crippen molar-refractivity contribution in [2.45, 2.75) is 43.7 Å². The third-order valence-electron chi connectivity index (χ3n) is 4.74. The second-order valence-electron chi connectivity index (χ2n) is 6.82. The van der Waals surface area contributed by atoms with Gasteiger partial charge in [-0.15, -0.1) is 11.8 Å². The lowest BCUT2D eigenvalue weighted by Gasteiger charge is -2.30. The molecule has 0 saturated carbocycles. The van der Waals surface area contributed by atoms with Crippen molar-refractivity contribution < 1.29 is 14.3 Å². The zero-order chi connectivity index (χ0) is 21.9. The Hall–Kier alpha value is -2.18. The van der Waals surface area contributed by atoms with E-state index < -0.39 is 6.04 Å². The van der Waals surface area contributed by atoms with Gasteiger partial charge in [-0.3, -0.25) is 9.59 Å². The summed E-state index contributed by atoms with van der Waals surface area (Å²) in [5.41, 5.74) is 0.931. The number of nitrogens with zero attached hydrogens (tertiary/aromatic N) is 1. The molecule has 0 bridgehead atoms. The van der Waals surface area contributed by atoms with Crippen LogP contribution in [0.3, 0.4) is 0 Å². The highest BCUT2D eigenvalue weighted by Crippen LogP contribution is 2.22. The van der Waals surface area contributed by atoms with Crippen LogP contribution in [-0.2, 0) is 16.1 Å². The summed E-state index contributed by atoms with van der Waals surface area (Å²) in [5.74, 6) is 1.37. The number of carbonyl (C=O) groups excluding carboxylic acids is 2. The molecule has 0 fully saturated rings. The minimum atomic E-state index is -0.502. The lowest BCUT2D eigenvalue weighted by Crippen LogP contribution is -2.48. The van der Waals surface area contributed by atoms with Crippen molar-refractivity contribution in [3.63, 3.8) is 0 Å². The van der Waals surface area contributed by atoms with Crippen molar-refractivity contribution >= 4 is 35.2 Å². The van der Waals surface area contributed by atoms with Gasteiger partial charge >= 0.3 is 0 Å². The Balaban J connectivity index is 2.03. The third-order valence-corrected chi connectivity index (χ3v) is 6.09. The summed E-state index contributed by atoms with van der Waals surface area (Å²) >= 11 is 7.61. The number of hydrogen-bond acceptors (Lipinski definition) is 4. The van der Waals surface area contributed by atoms with Gasteiger partial charge in [0.25, 0.3) is 0 Å². The number of hydrogen-bond donors (Lipinski definition) is 1. The van der Waals surface area contributed by atoms with Gasteiger partial charge in [0.05, 0.1) is 7.11 Å². The van der Waals surface area contributed by atoms with Crippen LogP contribution in [0.25, 0.3) is 0 Å². The van der Waals surface area contributed by atoms with Crippen molar-refractivity contribution in [1.29, 1.82) is 0 Å². The quantitative estimate of drug-likeness (QED) is 0.397. The average Bonchev–Trinajstić information content (AvgIpc) is 2.77. The minimum Gasteiger partial charge on any atom is -0.497 e. The molecule has 2 aromatic carbocycles. The van der Waals surface area contributed by atoms with Gasteiger partial charge in [-0.25, -0.2) is 0 Å². The van der Waals surface area contributed by atoms with Gasteiger partial charge in [0.1, 0.15) is 11.8 Å². The summed E-state index contributed by atoms with van der Waals surface area (Å²) in [6.45, 7) is 2.29. The summed E-state index contributed by atoms with van der Waals surface area (Å²) < 4.78 is 5.29. The molecule has 5 nitrogen and oxygen atoms in total. The first-order chi connectivity index (χ1) is 14.5. The average molecular weight is 449 g/mol. The number of ether oxygens (including phenoxy) is 1. The van der Waals surface area contributed by atoms with E-state index in [1.54, 1.807) is 30.8 Å². The maximum absolute atomic E-state index is 13.1. The van der Waals surface area contributed by atoms with Crippen molar-refractivity contribution in [2.75, 3.05) is 19.9 Å². The predicted octanol–water partition coefficient (Wildman–Crippen LogP) is 4.77. The maximum atomic E-state index is 13.1. The van der Waals surface area contributed by atoms with Crippen LogP contribution >= 0.6 is 23.4 Å². The topological polar surface area (TPSA) is 58.6 Å². The van der Waals surface area contributed by atoms with Gasteiger partial charge < -0.3 is 15.0 Å². The molecule has 1 atom stereocenters. The fourth-order valence-corrected chi connectivity index (χ4v) is 4.12. The lowest BCUT2D eigenvalue weighted by molar-refractivity contribution is -0.141. The second kappa shape index (κ2) is 12.5. The molecule has 1 N–H and O–H groups in total. The normalized spacial score (nSPS) is 11.6. The van der Waals surface area contributed by atoms with Crippen LogP contribution in [-0.4, -0.2) is 42.7 Å². The Bertz CT molecular complexity index is 829. The van der Waals surface area contributed by atoms with E-state index in [0.29, 0.717) is 24.4 Å². The Morgan fingerprint density at radius 1 is 1.20 bits per heavy atom. The van der Waals surface area contributed by atoms with Crippen LogP contribution in [0.2, 0.25) is 5.02 Å². The molecular weight excluding hydrogens is 420 g/mol. The highest BCUT2D eigenvalue weighted by atomic mass is 35.5. The molecule has 2 aromatic rings. The number of nitrogens with one attached hydrogen (secondary N) is 1. The third kappa shape index (κ3) is 7.26. The molecule has 7 heteroatoms. The summed E-state index contributed by atoms with van der Waals surface area (Å²) in [6, 6.07) is 14.8. The molecule has 0 heterocycles. The summed E-state index contributed by atoms with van der Waals surface area (Å²) in [4.78, 5) is 28.3. The number of benzene rings is 2. The van der Waals surface area contributed by atoms with Gasteiger partial charge in [-0.1, -0.05) is 30.7 Å². The Kier molecular flexibility index (Phi) is 10.0. The number of methoxy groups -OCH3 is 1. The smallest absolute Gasteiger partial charge is 0.242 e. The van der Waals surface area contributed by atoms with Crippen LogP contribution in [0.5, 0.6) is 5.75 Å². The largest absolute Gasteiger partial charge is 0.497 e.